The number of ether oxygens (including phenoxy) is 2. The number of carbonyl (C=O) groups excluding carboxylic acids is 2. The minimum absolute atomic E-state index is 0.0351. The van der Waals surface area contributed by atoms with Crippen LogP contribution in [0.2, 0.25) is 0 Å². The van der Waals surface area contributed by atoms with Crippen LogP contribution >= 0.6 is 0 Å². The van der Waals surface area contributed by atoms with Crippen LogP contribution in [0.1, 0.15) is 49.9 Å². The molecular formula is C42H58N14O9. The number of anilines is 2. The molecule has 2 saturated carbocycles. The van der Waals surface area contributed by atoms with Crippen molar-refractivity contribution in [3.05, 3.63) is 72.3 Å². The smallest absolute Gasteiger partial charge is 0.248 e. The fourth-order valence-corrected chi connectivity index (χ4v) is 7.88. The van der Waals surface area contributed by atoms with Crippen molar-refractivity contribution in [3.8, 4) is 22.9 Å². The highest BCUT2D eigenvalue weighted by molar-refractivity contribution is 5.91. The number of nitrogens with two attached hydrogens (primary N) is 4. The lowest BCUT2D eigenvalue weighted by Gasteiger charge is -2.39. The molecule has 2 aliphatic rings. The summed E-state index contributed by atoms with van der Waals surface area (Å²) in [5, 5.41) is 71.0. The van der Waals surface area contributed by atoms with E-state index < -0.39 is 60.8 Å². The fraction of sp³-hybridized carbons (Fsp3) is 0.524. The van der Waals surface area contributed by atoms with Crippen molar-refractivity contribution in [1.82, 2.24) is 40.2 Å². The molecule has 7 rings (SSSR count). The second kappa shape index (κ2) is 22.1. The molecule has 350 valence electrons. The fourth-order valence-electron chi connectivity index (χ4n) is 7.88. The normalized spacial score (nSPS) is 25.7. The van der Waals surface area contributed by atoms with Crippen molar-refractivity contribution in [2.75, 3.05) is 23.8 Å². The van der Waals surface area contributed by atoms with Gasteiger partial charge in [-0.15, -0.1) is 20.4 Å². The quantitative estimate of drug-likeness (QED) is 0.0412. The van der Waals surface area contributed by atoms with Gasteiger partial charge in [0.25, 0.3) is 0 Å². The van der Waals surface area contributed by atoms with Gasteiger partial charge in [0.2, 0.25) is 23.6 Å². The number of hydrogen-bond acceptors (Lipinski definition) is 19. The first-order valence-electron chi connectivity index (χ1n) is 21.7. The molecule has 2 aromatic carbocycles. The number of aliphatic hydroxyl groups excluding tert-OH is 4. The summed E-state index contributed by atoms with van der Waals surface area (Å²) in [6.45, 7) is 0.636. The largest absolute Gasteiger partial charge is 0.416 e. The van der Waals surface area contributed by atoms with E-state index in [2.05, 4.69) is 41.5 Å². The highest BCUT2D eigenvalue weighted by Crippen LogP contribution is 2.27. The Labute approximate surface area is 373 Å². The first-order valence-corrected chi connectivity index (χ1v) is 21.7. The highest BCUT2D eigenvalue weighted by atomic mass is 16.5. The van der Waals surface area contributed by atoms with Gasteiger partial charge in [-0.25, -0.2) is 9.36 Å². The molecule has 0 aliphatic heterocycles. The van der Waals surface area contributed by atoms with E-state index in [0.29, 0.717) is 74.2 Å². The number of rotatable bonds is 20. The minimum atomic E-state index is -1.13. The Morgan fingerprint density at radius 3 is 1.38 bits per heavy atom. The van der Waals surface area contributed by atoms with E-state index in [1.165, 1.54) is 9.36 Å². The van der Waals surface area contributed by atoms with E-state index in [-0.39, 0.29) is 36.7 Å². The summed E-state index contributed by atoms with van der Waals surface area (Å²) < 4.78 is 20.4. The van der Waals surface area contributed by atoms with Crippen molar-refractivity contribution in [1.29, 1.82) is 0 Å². The number of carbonyl (C=O) groups is 2. The molecule has 65 heavy (non-hydrogen) atoms. The molecule has 0 spiro atoms. The van der Waals surface area contributed by atoms with Crippen LogP contribution in [0.3, 0.4) is 0 Å². The average molecular weight is 903 g/mol. The molecule has 10 atom stereocenters. The van der Waals surface area contributed by atoms with E-state index >= 15 is 0 Å². The van der Waals surface area contributed by atoms with Crippen molar-refractivity contribution in [2.45, 2.75) is 125 Å². The van der Waals surface area contributed by atoms with Gasteiger partial charge in [-0.2, -0.15) is 0 Å². The van der Waals surface area contributed by atoms with Crippen LogP contribution in [0, 0.1) is 0 Å². The van der Waals surface area contributed by atoms with Gasteiger partial charge in [0.15, 0.2) is 0 Å². The summed E-state index contributed by atoms with van der Waals surface area (Å²) in [6, 6.07) is 11.8. The topological polar surface area (TPSA) is 362 Å². The molecule has 23 nitrogen and oxygen atoms in total. The van der Waals surface area contributed by atoms with Crippen LogP contribution in [0.5, 0.6) is 0 Å². The minimum Gasteiger partial charge on any atom is -0.416 e. The molecule has 0 saturated heterocycles. The molecular weight excluding hydrogens is 845 g/mol. The first kappa shape index (κ1) is 47.4. The number of aliphatic hydroxyl groups is 4. The second-order valence-corrected chi connectivity index (χ2v) is 16.7. The third-order valence-corrected chi connectivity index (χ3v) is 11.5. The van der Waals surface area contributed by atoms with Crippen LogP contribution in [0.4, 0.5) is 11.4 Å². The van der Waals surface area contributed by atoms with Gasteiger partial charge in [-0.1, -0.05) is 10.4 Å². The molecule has 2 fully saturated rings. The Bertz CT molecular complexity index is 2130. The highest BCUT2D eigenvalue weighted by Gasteiger charge is 2.42. The second-order valence-electron chi connectivity index (χ2n) is 16.7. The van der Waals surface area contributed by atoms with Gasteiger partial charge < -0.3 is 67.9 Å². The van der Waals surface area contributed by atoms with Gasteiger partial charge >= 0.3 is 0 Å². The Balaban J connectivity index is 0.787. The molecule has 23 heteroatoms. The summed E-state index contributed by atoms with van der Waals surface area (Å²) in [5.74, 6) is -0.00986. The molecule has 0 unspecified atom stereocenters. The number of nitrogens with one attached hydrogen (secondary N) is 2. The predicted octanol–water partition coefficient (Wildman–Crippen LogP) is -1.16. The monoisotopic (exact) mass is 902 g/mol. The zero-order valence-corrected chi connectivity index (χ0v) is 35.7. The van der Waals surface area contributed by atoms with Crippen LogP contribution in [-0.4, -0.2) is 146 Å². The summed E-state index contributed by atoms with van der Waals surface area (Å²) in [4.78, 5) is 25.5. The van der Waals surface area contributed by atoms with Gasteiger partial charge in [-0.3, -0.25) is 9.59 Å². The number of benzene rings is 2. The van der Waals surface area contributed by atoms with Gasteiger partial charge in [0.05, 0.1) is 23.6 Å². The molecule has 14 N–H and O–H groups in total. The van der Waals surface area contributed by atoms with E-state index in [9.17, 15) is 30.0 Å². The van der Waals surface area contributed by atoms with Gasteiger partial charge in [-0.05, 0) is 99.9 Å². The molecule has 2 amide bonds. The summed E-state index contributed by atoms with van der Waals surface area (Å²) in [6.07, 6.45) is 2.46. The van der Waals surface area contributed by atoms with E-state index in [4.69, 9.17) is 36.8 Å². The lowest BCUT2D eigenvalue weighted by molar-refractivity contribution is -0.127. The van der Waals surface area contributed by atoms with Gasteiger partial charge in [0.1, 0.15) is 37.5 Å². The lowest BCUT2D eigenvalue weighted by Crippen LogP contribution is -2.62. The van der Waals surface area contributed by atoms with Crippen molar-refractivity contribution in [2.24, 2.45) is 22.9 Å². The van der Waals surface area contributed by atoms with Crippen molar-refractivity contribution < 1.29 is 43.9 Å². The summed E-state index contributed by atoms with van der Waals surface area (Å²) >= 11 is 0. The summed E-state index contributed by atoms with van der Waals surface area (Å²) in [5.41, 5.74) is 27.6. The number of unbranched alkanes of at least 4 members (excludes halogenated alkanes) is 2. The molecule has 5 aromatic rings. The maximum Gasteiger partial charge on any atom is 0.248 e. The molecule has 0 bridgehead atoms. The first-order chi connectivity index (χ1) is 31.3. The number of amides is 2. The Kier molecular flexibility index (Phi) is 16.1. The number of nitrogens with zero attached hydrogens (tertiary/aromatic N) is 8. The number of aryl methyl sites for hydroxylation is 2. The standard InChI is InChI=1S/C42H58N14O9/c43-29-17-31(45)39(37(61)35(29)59)63-15-3-1-5-27-19-55(53-49-27)21-33(57)47-25-11-7-23(8-12-25)41-51-52-42(65-41)24-9-13-26(14-10-24)48-34(58)22-56-20-28(50-54-56)6-2-4-16-64-40-32(46)18-30(44)36(60)38(40)62/h7-14,19-20,29-32,35-40,59-62H,1-6,15-18,21-22,43-46H2,(H,47,57)(H,48,58)/t29-,30-,31+,32+,35+,36+,37-,38-,39-,40-/m1/s1. The van der Waals surface area contributed by atoms with E-state index in [1.807, 2.05) is 0 Å². The van der Waals surface area contributed by atoms with Gasteiger partial charge in [0, 0.05) is 72.3 Å². The zero-order chi connectivity index (χ0) is 46.0. The molecule has 0 radical (unpaired) electrons. The Morgan fingerprint density at radius 1 is 0.585 bits per heavy atom. The lowest BCUT2D eigenvalue weighted by atomic mass is 9.85. The maximum absolute atomic E-state index is 12.8. The van der Waals surface area contributed by atoms with Crippen LogP contribution in [0.15, 0.2) is 65.3 Å². The van der Waals surface area contributed by atoms with Crippen molar-refractivity contribution in [3.63, 3.8) is 0 Å². The molecule has 3 heterocycles. The maximum atomic E-state index is 12.8. The third-order valence-electron chi connectivity index (χ3n) is 11.5. The number of aromatic nitrogens is 8. The molecule has 2 aliphatic carbocycles. The summed E-state index contributed by atoms with van der Waals surface area (Å²) in [7, 11) is 0. The van der Waals surface area contributed by atoms with Crippen LogP contribution in [0.25, 0.3) is 22.9 Å². The van der Waals surface area contributed by atoms with E-state index in [1.54, 1.807) is 60.9 Å². The average Bonchev–Trinajstić information content (AvgIpc) is 4.07. The Morgan fingerprint density at radius 2 is 0.985 bits per heavy atom. The van der Waals surface area contributed by atoms with E-state index in [0.717, 1.165) is 24.2 Å². The molecule has 3 aromatic heterocycles. The predicted molar refractivity (Wildman–Crippen MR) is 233 cm³/mol. The van der Waals surface area contributed by atoms with Crippen molar-refractivity contribution >= 4 is 23.2 Å². The van der Waals surface area contributed by atoms with Crippen LogP contribution in [-0.2, 0) is 45.0 Å². The van der Waals surface area contributed by atoms with Crippen LogP contribution < -0.4 is 33.6 Å². The Hall–Kier alpha value is -5.60. The third kappa shape index (κ3) is 12.6. The number of hydrogen-bond donors (Lipinski definition) is 10. The zero-order valence-electron chi connectivity index (χ0n) is 35.7. The SMILES string of the molecule is N[C@@H]1C[C@H](N)[C@@H](OCCCCc2cn(CC(=O)Nc3ccc(-c4nnc(-c5ccc(NC(=O)Cn6cc(CCCCO[C@H]7[C@H](O)[C@@H](O)[C@H](N)C[C@@H]7N)nn6)cc5)o4)cc3)nn2)[C@H](O)[C@H]1O.